The molecule has 0 aromatic rings. The first-order chi connectivity index (χ1) is 6.02. The minimum absolute atomic E-state index is 1.04. The second-order valence-electron chi connectivity index (χ2n) is 3.37. The topological polar surface area (TPSA) is 0 Å². The van der Waals surface area contributed by atoms with Gasteiger partial charge < -0.3 is 0 Å². The molecule has 0 atom stereocenters. The van der Waals surface area contributed by atoms with E-state index >= 15 is 0 Å². The quantitative estimate of drug-likeness (QED) is 0.556. The van der Waals surface area contributed by atoms with Crippen molar-refractivity contribution in [1.82, 2.24) is 0 Å². The van der Waals surface area contributed by atoms with Crippen LogP contribution in [0.1, 0.15) is 34.1 Å². The maximum atomic E-state index is 3.90. The van der Waals surface area contributed by atoms with E-state index in [4.69, 9.17) is 0 Å². The lowest BCUT2D eigenvalue weighted by Crippen LogP contribution is -1.83. The van der Waals surface area contributed by atoms with Crippen molar-refractivity contribution in [1.29, 1.82) is 0 Å². The summed E-state index contributed by atoms with van der Waals surface area (Å²) in [7, 11) is 0. The van der Waals surface area contributed by atoms with Crippen molar-refractivity contribution in [2.45, 2.75) is 34.1 Å². The number of hydrogen-bond acceptors (Lipinski definition) is 0. The van der Waals surface area contributed by atoms with Gasteiger partial charge in [0.1, 0.15) is 0 Å². The van der Waals surface area contributed by atoms with Gasteiger partial charge in [0, 0.05) is 0 Å². The lowest BCUT2D eigenvalue weighted by atomic mass is 10.0. The van der Waals surface area contributed by atoms with E-state index < -0.39 is 0 Å². The van der Waals surface area contributed by atoms with Gasteiger partial charge in [0.05, 0.1) is 0 Å². The molecule has 72 valence electrons. The summed E-state index contributed by atoms with van der Waals surface area (Å²) in [6.07, 6.45) is 5.13. The maximum Gasteiger partial charge on any atom is -0.0305 e. The minimum Gasteiger partial charge on any atom is -0.0988 e. The molecule has 0 aromatic heterocycles. The van der Waals surface area contributed by atoms with Crippen LogP contribution in [0.15, 0.2) is 47.6 Å². The van der Waals surface area contributed by atoms with E-state index in [0.717, 1.165) is 12.0 Å². The molecule has 0 saturated carbocycles. The summed E-state index contributed by atoms with van der Waals surface area (Å²) in [5.74, 6) is 0. The van der Waals surface area contributed by atoms with Crippen LogP contribution >= 0.6 is 0 Å². The molecule has 0 N–H and O–H groups in total. The Morgan fingerprint density at radius 3 is 2.08 bits per heavy atom. The maximum absolute atomic E-state index is 3.90. The molecule has 0 spiro atoms. The van der Waals surface area contributed by atoms with Gasteiger partial charge in [-0.15, -0.1) is 0 Å². The Kier molecular flexibility index (Phi) is 5.13. The van der Waals surface area contributed by atoms with E-state index in [9.17, 15) is 0 Å². The molecule has 0 amide bonds. The predicted octanol–water partition coefficient (Wildman–Crippen LogP) is 4.42. The van der Waals surface area contributed by atoms with Gasteiger partial charge in [-0.1, -0.05) is 37.8 Å². The molecule has 13 heavy (non-hydrogen) atoms. The lowest BCUT2D eigenvalue weighted by Gasteiger charge is -2.03. The third-order valence-corrected chi connectivity index (χ3v) is 2.24. The van der Waals surface area contributed by atoms with Crippen LogP contribution < -0.4 is 0 Å². The fourth-order valence-electron chi connectivity index (χ4n) is 1.12. The molecular weight excluding hydrogens is 156 g/mol. The fourth-order valence-corrected chi connectivity index (χ4v) is 1.12. The highest BCUT2D eigenvalue weighted by atomic mass is 14.0. The zero-order valence-electron chi connectivity index (χ0n) is 9.28. The van der Waals surface area contributed by atoms with Crippen LogP contribution in [-0.2, 0) is 0 Å². The van der Waals surface area contributed by atoms with Gasteiger partial charge in [-0.25, -0.2) is 0 Å². The second kappa shape index (κ2) is 5.58. The number of hydrogen-bond donors (Lipinski definition) is 0. The van der Waals surface area contributed by atoms with Crippen LogP contribution in [0.5, 0.6) is 0 Å². The van der Waals surface area contributed by atoms with E-state index in [2.05, 4.69) is 40.0 Å². The molecule has 0 aliphatic rings. The Labute approximate surface area is 82.4 Å². The van der Waals surface area contributed by atoms with Crippen LogP contribution in [0.2, 0.25) is 0 Å². The molecule has 0 saturated heterocycles. The van der Waals surface area contributed by atoms with Crippen molar-refractivity contribution in [3.8, 4) is 0 Å². The van der Waals surface area contributed by atoms with Gasteiger partial charge in [0.15, 0.2) is 0 Å². The van der Waals surface area contributed by atoms with Crippen molar-refractivity contribution in [2.24, 2.45) is 0 Å². The van der Waals surface area contributed by atoms with Crippen LogP contribution in [-0.4, -0.2) is 0 Å². The molecule has 0 heterocycles. The van der Waals surface area contributed by atoms with Crippen molar-refractivity contribution >= 4 is 0 Å². The fraction of sp³-hybridized carbons (Fsp3) is 0.385. The summed E-state index contributed by atoms with van der Waals surface area (Å²) in [6.45, 7) is 16.1. The van der Waals surface area contributed by atoms with E-state index in [-0.39, 0.29) is 0 Å². The zero-order chi connectivity index (χ0) is 10.4. The smallest absolute Gasteiger partial charge is 0.0305 e. The Morgan fingerprint density at radius 1 is 1.23 bits per heavy atom. The largest absolute Gasteiger partial charge is 0.0988 e. The summed E-state index contributed by atoms with van der Waals surface area (Å²) >= 11 is 0. The summed E-state index contributed by atoms with van der Waals surface area (Å²) < 4.78 is 0. The predicted molar refractivity (Wildman–Crippen MR) is 61.8 cm³/mol. The van der Waals surface area contributed by atoms with Crippen LogP contribution in [0.4, 0.5) is 0 Å². The van der Waals surface area contributed by atoms with Gasteiger partial charge in [-0.05, 0) is 43.9 Å². The average molecular weight is 176 g/mol. The zero-order valence-corrected chi connectivity index (χ0v) is 9.28. The van der Waals surface area contributed by atoms with Crippen LogP contribution in [0.25, 0.3) is 0 Å². The van der Waals surface area contributed by atoms with E-state index in [1.54, 1.807) is 0 Å². The Hall–Kier alpha value is -1.04. The van der Waals surface area contributed by atoms with Crippen molar-refractivity contribution in [2.75, 3.05) is 0 Å². The molecule has 0 aliphatic carbocycles. The molecule has 0 nitrogen and oxygen atoms in total. The molecule has 0 aromatic carbocycles. The van der Waals surface area contributed by atoms with Crippen LogP contribution in [0.3, 0.4) is 0 Å². The molecule has 0 aliphatic heterocycles. The first-order valence-corrected chi connectivity index (χ1v) is 4.69. The lowest BCUT2D eigenvalue weighted by molar-refractivity contribution is 1.12. The normalized spacial score (nSPS) is 13.7. The molecule has 0 radical (unpaired) electrons. The van der Waals surface area contributed by atoms with Gasteiger partial charge in [0.2, 0.25) is 0 Å². The Bertz CT molecular complexity index is 262. The highest BCUT2D eigenvalue weighted by Crippen LogP contribution is 2.15. The van der Waals surface area contributed by atoms with E-state index in [0.29, 0.717) is 0 Å². The monoisotopic (exact) mass is 176 g/mol. The van der Waals surface area contributed by atoms with E-state index in [1.807, 2.05) is 13.0 Å². The van der Waals surface area contributed by atoms with Gasteiger partial charge in [-0.3, -0.25) is 0 Å². The molecule has 0 fully saturated rings. The third kappa shape index (κ3) is 3.93. The Morgan fingerprint density at radius 2 is 1.77 bits per heavy atom. The standard InChI is InChI=1S/C13H20/c1-7-13(8-2)12(6)9-11(5)10(3)4/h7,9H,1,3,8H2,2,4-6H3/b11-9+,13-12+. The first kappa shape index (κ1) is 12.0. The molecule has 0 bridgehead atoms. The molecule has 0 rings (SSSR count). The number of rotatable bonds is 4. The second-order valence-corrected chi connectivity index (χ2v) is 3.37. The van der Waals surface area contributed by atoms with Crippen molar-refractivity contribution < 1.29 is 0 Å². The molecule has 0 heteroatoms. The van der Waals surface area contributed by atoms with Crippen molar-refractivity contribution in [3.05, 3.63) is 47.6 Å². The number of allylic oxidation sites excluding steroid dienone is 6. The Balaban J connectivity index is 4.88. The average Bonchev–Trinajstić information content (AvgIpc) is 2.06. The molecular formula is C13H20. The summed E-state index contributed by atoms with van der Waals surface area (Å²) in [5.41, 5.74) is 4.96. The van der Waals surface area contributed by atoms with E-state index in [1.165, 1.54) is 16.7 Å². The molecule has 0 unspecified atom stereocenters. The SMILES string of the molecule is C=C/C(CC)=C(C)\C=C(/C)C(=C)C. The van der Waals surface area contributed by atoms with Gasteiger partial charge in [-0.2, -0.15) is 0 Å². The highest BCUT2D eigenvalue weighted by molar-refractivity contribution is 5.37. The highest BCUT2D eigenvalue weighted by Gasteiger charge is 1.95. The van der Waals surface area contributed by atoms with Crippen molar-refractivity contribution in [3.63, 3.8) is 0 Å². The first-order valence-electron chi connectivity index (χ1n) is 4.69. The van der Waals surface area contributed by atoms with Gasteiger partial charge >= 0.3 is 0 Å². The third-order valence-electron chi connectivity index (χ3n) is 2.24. The van der Waals surface area contributed by atoms with Gasteiger partial charge in [0.25, 0.3) is 0 Å². The minimum atomic E-state index is 1.04. The summed E-state index contributed by atoms with van der Waals surface area (Å²) in [6, 6.07) is 0. The van der Waals surface area contributed by atoms with Crippen LogP contribution in [0, 0.1) is 0 Å². The summed E-state index contributed by atoms with van der Waals surface area (Å²) in [4.78, 5) is 0. The summed E-state index contributed by atoms with van der Waals surface area (Å²) in [5, 5.41) is 0.